The van der Waals surface area contributed by atoms with Crippen LogP contribution in [0.5, 0.6) is 0 Å². The normalized spacial score (nSPS) is 29.9. The van der Waals surface area contributed by atoms with Crippen LogP contribution in [0.25, 0.3) is 6.08 Å². The van der Waals surface area contributed by atoms with Crippen LogP contribution in [0.1, 0.15) is 71.8 Å². The van der Waals surface area contributed by atoms with E-state index in [1.54, 1.807) is 6.08 Å². The Bertz CT molecular complexity index is 942. The molecule has 4 atom stereocenters. The maximum Gasteiger partial charge on any atom is 0.331 e. The molecule has 0 radical (unpaired) electrons. The first-order chi connectivity index (χ1) is 15.7. The van der Waals surface area contributed by atoms with Crippen LogP contribution in [0.2, 0.25) is 0 Å². The highest BCUT2D eigenvalue weighted by molar-refractivity contribution is 5.87. The Balaban J connectivity index is 1.57. The number of ether oxygens (including phenoxy) is 1. The first-order valence-corrected chi connectivity index (χ1v) is 12.2. The average molecular weight is 451 g/mol. The van der Waals surface area contributed by atoms with Crippen molar-refractivity contribution in [2.75, 3.05) is 6.61 Å². The number of aliphatic carboxylic acids is 1. The summed E-state index contributed by atoms with van der Waals surface area (Å²) >= 11 is 0. The number of carbonyl (C=O) groups excluding carboxylic acids is 1. The van der Waals surface area contributed by atoms with Gasteiger partial charge in [0.05, 0.1) is 5.41 Å². The number of carboxylic acids is 1. The van der Waals surface area contributed by atoms with E-state index >= 15 is 0 Å². The van der Waals surface area contributed by atoms with E-state index in [9.17, 15) is 14.7 Å². The molecule has 3 rings (SSSR count). The highest BCUT2D eigenvalue weighted by atomic mass is 16.5. The molecule has 2 aliphatic rings. The first-order valence-electron chi connectivity index (χ1n) is 12.2. The van der Waals surface area contributed by atoms with E-state index in [-0.39, 0.29) is 23.9 Å². The highest BCUT2D eigenvalue weighted by Gasteiger charge is 2.52. The third kappa shape index (κ3) is 5.66. The van der Waals surface area contributed by atoms with Crippen molar-refractivity contribution < 1.29 is 19.4 Å². The summed E-state index contributed by atoms with van der Waals surface area (Å²) in [5, 5.41) is 9.95. The van der Waals surface area contributed by atoms with Crippen LogP contribution in [0.4, 0.5) is 0 Å². The molecule has 1 aromatic rings. The summed E-state index contributed by atoms with van der Waals surface area (Å²) in [6.45, 7) is 8.92. The van der Waals surface area contributed by atoms with Gasteiger partial charge in [0.2, 0.25) is 0 Å². The van der Waals surface area contributed by atoms with Gasteiger partial charge in [0, 0.05) is 6.08 Å². The van der Waals surface area contributed by atoms with Gasteiger partial charge in [-0.1, -0.05) is 61.4 Å². The SMILES string of the molecule is CC(=CCOC(=O)C=Cc1ccccc1)CCC1(C)C2=CCCC(C)(C(=O)O)C2CCC1C. The monoisotopic (exact) mass is 450 g/mol. The summed E-state index contributed by atoms with van der Waals surface area (Å²) in [6.07, 6.45) is 13.0. The van der Waals surface area contributed by atoms with E-state index in [1.165, 1.54) is 17.2 Å². The number of hydrogen-bond donors (Lipinski definition) is 1. The molecule has 4 unspecified atom stereocenters. The smallest absolute Gasteiger partial charge is 0.331 e. The summed E-state index contributed by atoms with van der Waals surface area (Å²) in [5.74, 6) is -0.357. The molecule has 0 heterocycles. The summed E-state index contributed by atoms with van der Waals surface area (Å²) in [6, 6.07) is 9.67. The molecule has 0 bridgehead atoms. The molecule has 2 aliphatic carbocycles. The van der Waals surface area contributed by atoms with E-state index in [4.69, 9.17) is 4.74 Å². The molecule has 1 saturated carbocycles. The molecule has 4 heteroatoms. The molecular formula is C29H38O4. The lowest BCUT2D eigenvalue weighted by molar-refractivity contribution is -0.152. The standard InChI is InChI=1S/C29H38O4/c1-21(17-20-33-26(30)15-13-23-9-6-5-7-10-23)16-19-28(3)22(2)12-14-25-24(28)11-8-18-29(25,4)27(31)32/h5-7,9-11,13,15,17,22,25H,8,12,14,16,18-20H2,1-4H3,(H,31,32). The number of esters is 1. The Hall–Kier alpha value is -2.62. The Kier molecular flexibility index (Phi) is 7.99. The molecular weight excluding hydrogens is 412 g/mol. The summed E-state index contributed by atoms with van der Waals surface area (Å²) in [4.78, 5) is 24.1. The van der Waals surface area contributed by atoms with Gasteiger partial charge >= 0.3 is 11.9 Å². The number of allylic oxidation sites excluding steroid dienone is 3. The first kappa shape index (κ1) is 25.0. The van der Waals surface area contributed by atoms with E-state index in [0.717, 1.165) is 44.1 Å². The van der Waals surface area contributed by atoms with Gasteiger partial charge in [-0.25, -0.2) is 4.79 Å². The Morgan fingerprint density at radius 2 is 1.91 bits per heavy atom. The minimum absolute atomic E-state index is 0.00421. The van der Waals surface area contributed by atoms with Gasteiger partial charge < -0.3 is 9.84 Å². The molecule has 0 saturated heterocycles. The van der Waals surface area contributed by atoms with Gasteiger partial charge in [0.1, 0.15) is 6.61 Å². The van der Waals surface area contributed by atoms with Gasteiger partial charge in [0.25, 0.3) is 0 Å². The second kappa shape index (κ2) is 10.5. The molecule has 1 fully saturated rings. The van der Waals surface area contributed by atoms with Crippen molar-refractivity contribution in [3.05, 3.63) is 65.3 Å². The van der Waals surface area contributed by atoms with Crippen molar-refractivity contribution in [2.24, 2.45) is 22.7 Å². The summed E-state index contributed by atoms with van der Waals surface area (Å²) in [7, 11) is 0. The van der Waals surface area contributed by atoms with Gasteiger partial charge in [0.15, 0.2) is 0 Å². The lowest BCUT2D eigenvalue weighted by atomic mass is 9.51. The molecule has 0 aromatic heterocycles. The van der Waals surface area contributed by atoms with Crippen LogP contribution in [-0.4, -0.2) is 23.7 Å². The van der Waals surface area contributed by atoms with Crippen LogP contribution in [0.3, 0.4) is 0 Å². The Morgan fingerprint density at radius 1 is 1.18 bits per heavy atom. The van der Waals surface area contributed by atoms with Crippen molar-refractivity contribution in [3.8, 4) is 0 Å². The summed E-state index contributed by atoms with van der Waals surface area (Å²) in [5.41, 5.74) is 2.87. The molecule has 0 aliphatic heterocycles. The van der Waals surface area contributed by atoms with Crippen molar-refractivity contribution in [3.63, 3.8) is 0 Å². The zero-order chi connectivity index (χ0) is 24.1. The van der Waals surface area contributed by atoms with Crippen molar-refractivity contribution in [1.29, 1.82) is 0 Å². The average Bonchev–Trinajstić information content (AvgIpc) is 2.80. The fourth-order valence-corrected chi connectivity index (χ4v) is 5.56. The highest BCUT2D eigenvalue weighted by Crippen LogP contribution is 2.58. The van der Waals surface area contributed by atoms with Crippen LogP contribution in [-0.2, 0) is 14.3 Å². The predicted molar refractivity (Wildman–Crippen MR) is 132 cm³/mol. The minimum atomic E-state index is -0.658. The quantitative estimate of drug-likeness (QED) is 0.268. The maximum atomic E-state index is 12.1. The zero-order valence-corrected chi connectivity index (χ0v) is 20.5. The van der Waals surface area contributed by atoms with Crippen molar-refractivity contribution in [1.82, 2.24) is 0 Å². The lowest BCUT2D eigenvalue weighted by Crippen LogP contribution is -2.47. The molecule has 1 aromatic carbocycles. The number of hydrogen-bond acceptors (Lipinski definition) is 3. The van der Waals surface area contributed by atoms with Crippen LogP contribution in [0.15, 0.2) is 59.7 Å². The summed E-state index contributed by atoms with van der Waals surface area (Å²) < 4.78 is 5.33. The number of carboxylic acid groups (broad SMARTS) is 1. The second-order valence-corrected chi connectivity index (χ2v) is 10.3. The van der Waals surface area contributed by atoms with Gasteiger partial charge in [-0.3, -0.25) is 4.79 Å². The fraction of sp³-hybridized carbons (Fsp3) is 0.517. The van der Waals surface area contributed by atoms with E-state index in [0.29, 0.717) is 5.92 Å². The topological polar surface area (TPSA) is 63.6 Å². The number of carbonyl (C=O) groups is 2. The minimum Gasteiger partial charge on any atom is -0.481 e. The third-order valence-corrected chi connectivity index (χ3v) is 8.20. The zero-order valence-electron chi connectivity index (χ0n) is 20.5. The Morgan fingerprint density at radius 3 is 2.61 bits per heavy atom. The van der Waals surface area contributed by atoms with Crippen LogP contribution < -0.4 is 0 Å². The molecule has 0 spiro atoms. The number of rotatable bonds is 8. The molecule has 4 nitrogen and oxygen atoms in total. The van der Waals surface area contributed by atoms with E-state index < -0.39 is 11.4 Å². The third-order valence-electron chi connectivity index (χ3n) is 8.20. The Labute approximate surface area is 198 Å². The van der Waals surface area contributed by atoms with E-state index in [1.807, 2.05) is 43.3 Å². The molecule has 178 valence electrons. The van der Waals surface area contributed by atoms with Crippen molar-refractivity contribution in [2.45, 2.75) is 66.2 Å². The second-order valence-electron chi connectivity index (χ2n) is 10.3. The van der Waals surface area contributed by atoms with Crippen LogP contribution >= 0.6 is 0 Å². The predicted octanol–water partition coefficient (Wildman–Crippen LogP) is 6.83. The van der Waals surface area contributed by atoms with Gasteiger partial charge in [-0.05, 0) is 87.3 Å². The molecule has 1 N–H and O–H groups in total. The largest absolute Gasteiger partial charge is 0.481 e. The fourth-order valence-electron chi connectivity index (χ4n) is 5.56. The van der Waals surface area contributed by atoms with Gasteiger partial charge in [-0.15, -0.1) is 0 Å². The van der Waals surface area contributed by atoms with Crippen LogP contribution in [0, 0.1) is 22.7 Å². The van der Waals surface area contributed by atoms with E-state index in [2.05, 4.69) is 26.8 Å². The molecule has 33 heavy (non-hydrogen) atoms. The van der Waals surface area contributed by atoms with Gasteiger partial charge in [-0.2, -0.15) is 0 Å². The maximum absolute atomic E-state index is 12.1. The van der Waals surface area contributed by atoms with Crippen molar-refractivity contribution >= 4 is 18.0 Å². The number of benzene rings is 1. The molecule has 0 amide bonds. The number of fused-ring (bicyclic) bond motifs is 1. The lowest BCUT2D eigenvalue weighted by Gasteiger charge is -2.52.